The third-order valence-electron chi connectivity index (χ3n) is 4.05. The van der Waals surface area contributed by atoms with E-state index in [1.54, 1.807) is 18.2 Å². The van der Waals surface area contributed by atoms with Crippen LogP contribution in [0, 0.1) is 17.1 Å². The second-order valence-electron chi connectivity index (χ2n) is 5.57. The van der Waals surface area contributed by atoms with Crippen molar-refractivity contribution >= 4 is 5.82 Å². The maximum Gasteiger partial charge on any atom is 0.289 e. The monoisotopic (exact) mass is 334 g/mol. The topological polar surface area (TPSA) is 82.4 Å². The number of nitrogen functional groups attached to an aromatic ring is 1. The number of H-pyrrole nitrogens is 1. The van der Waals surface area contributed by atoms with E-state index < -0.39 is 0 Å². The van der Waals surface area contributed by atoms with Crippen molar-refractivity contribution in [2.45, 2.75) is 0 Å². The molecule has 3 N–H and O–H groups in total. The number of pyridine rings is 1. The van der Waals surface area contributed by atoms with E-state index in [9.17, 15) is 9.65 Å². The molecule has 0 aliphatic carbocycles. The first-order chi connectivity index (χ1) is 12.2. The van der Waals surface area contributed by atoms with Crippen LogP contribution in [0.15, 0.2) is 48.5 Å². The number of halogens is 1. The molecule has 0 amide bonds. The van der Waals surface area contributed by atoms with Crippen LogP contribution in [0.25, 0.3) is 22.4 Å². The van der Waals surface area contributed by atoms with E-state index in [0.717, 1.165) is 11.1 Å². The van der Waals surface area contributed by atoms with Gasteiger partial charge in [0, 0.05) is 11.1 Å². The minimum absolute atomic E-state index is 0.176. The fraction of sp³-hybridized carbons (Fsp3) is 0.0526. The Morgan fingerprint density at radius 1 is 1.00 bits per heavy atom. The van der Waals surface area contributed by atoms with Crippen LogP contribution in [0.3, 0.4) is 0 Å². The predicted molar refractivity (Wildman–Crippen MR) is 89.1 cm³/mol. The van der Waals surface area contributed by atoms with Gasteiger partial charge in [0.05, 0.1) is 0 Å². The van der Waals surface area contributed by atoms with Crippen molar-refractivity contribution in [1.29, 1.82) is 5.26 Å². The van der Waals surface area contributed by atoms with Crippen LogP contribution in [-0.4, -0.2) is 6.79 Å². The van der Waals surface area contributed by atoms with Crippen LogP contribution in [0.5, 0.6) is 11.5 Å². The maximum absolute atomic E-state index is 13.2. The standard InChI is InChI=1S/C19H12FN3O2/c20-13-4-1-11(2-5-13)16-8-14(15(9-21)19(22)23-16)12-3-6-17-18(7-12)25-10-24-17/h1-8H,10H2,(H2,22,23)/p+1. The van der Waals surface area contributed by atoms with Crippen LogP contribution >= 0.6 is 0 Å². The smallest absolute Gasteiger partial charge is 0.289 e. The molecular weight excluding hydrogens is 321 g/mol. The Balaban J connectivity index is 1.89. The Bertz CT molecular complexity index is 1010. The Labute approximate surface area is 143 Å². The summed E-state index contributed by atoms with van der Waals surface area (Å²) in [6.45, 7) is 0.176. The van der Waals surface area contributed by atoms with Crippen molar-refractivity contribution in [3.8, 4) is 40.0 Å². The molecule has 0 atom stereocenters. The molecule has 2 aromatic carbocycles. The fourth-order valence-corrected chi connectivity index (χ4v) is 2.80. The molecule has 4 rings (SSSR count). The maximum atomic E-state index is 13.2. The number of ether oxygens (including phenoxy) is 2. The lowest BCUT2D eigenvalue weighted by atomic mass is 9.98. The Morgan fingerprint density at radius 2 is 1.72 bits per heavy atom. The number of nitrogens with zero attached hydrogens (tertiary/aromatic N) is 1. The lowest BCUT2D eigenvalue weighted by Gasteiger charge is -2.08. The number of rotatable bonds is 2. The average Bonchev–Trinajstić information content (AvgIpc) is 3.09. The molecule has 6 heteroatoms. The van der Waals surface area contributed by atoms with E-state index in [1.165, 1.54) is 12.1 Å². The number of nitriles is 1. The molecule has 1 aromatic heterocycles. The number of anilines is 1. The molecule has 0 spiro atoms. The highest BCUT2D eigenvalue weighted by Gasteiger charge is 2.20. The third kappa shape index (κ3) is 2.62. The second-order valence-corrected chi connectivity index (χ2v) is 5.57. The molecule has 5 nitrogen and oxygen atoms in total. The number of aromatic amines is 1. The lowest BCUT2D eigenvalue weighted by Crippen LogP contribution is -2.16. The summed E-state index contributed by atoms with van der Waals surface area (Å²) in [5.74, 6) is 1.21. The van der Waals surface area contributed by atoms with Gasteiger partial charge in [-0.2, -0.15) is 5.26 Å². The zero-order chi connectivity index (χ0) is 17.4. The molecule has 0 unspecified atom stereocenters. The number of fused-ring (bicyclic) bond motifs is 1. The van der Waals surface area contributed by atoms with Gasteiger partial charge in [-0.1, -0.05) is 6.07 Å². The number of hydrogen-bond donors (Lipinski definition) is 1. The van der Waals surface area contributed by atoms with Crippen LogP contribution in [0.4, 0.5) is 10.2 Å². The van der Waals surface area contributed by atoms with Gasteiger partial charge in [-0.3, -0.25) is 5.73 Å². The molecule has 0 radical (unpaired) electrons. The molecule has 1 aliphatic heterocycles. The SMILES string of the molecule is N#Cc1c(-c2ccc3c(c2)OCO3)cc(-c2ccc(F)cc2)[nH+]c1N. The summed E-state index contributed by atoms with van der Waals surface area (Å²) in [7, 11) is 0. The third-order valence-corrected chi connectivity index (χ3v) is 4.05. The molecule has 0 saturated carbocycles. The van der Waals surface area contributed by atoms with Gasteiger partial charge < -0.3 is 9.47 Å². The van der Waals surface area contributed by atoms with Crippen molar-refractivity contribution < 1.29 is 18.8 Å². The summed E-state index contributed by atoms with van der Waals surface area (Å²) in [5, 5.41) is 9.50. The van der Waals surface area contributed by atoms with Crippen molar-refractivity contribution in [2.24, 2.45) is 0 Å². The van der Waals surface area contributed by atoms with E-state index >= 15 is 0 Å². The second kappa shape index (κ2) is 5.80. The normalized spacial score (nSPS) is 12.0. The number of benzene rings is 2. The fourth-order valence-electron chi connectivity index (χ4n) is 2.80. The van der Waals surface area contributed by atoms with Crippen LogP contribution in [-0.2, 0) is 0 Å². The summed E-state index contributed by atoms with van der Waals surface area (Å²) in [6, 6.07) is 15.4. The molecule has 25 heavy (non-hydrogen) atoms. The van der Waals surface area contributed by atoms with Crippen molar-refractivity contribution in [3.05, 3.63) is 59.9 Å². The number of nitrogens with two attached hydrogens (primary N) is 1. The summed E-state index contributed by atoms with van der Waals surface area (Å²) < 4.78 is 23.9. The highest BCUT2D eigenvalue weighted by Crippen LogP contribution is 2.37. The number of nitrogens with one attached hydrogen (secondary N) is 1. The Hall–Kier alpha value is -3.59. The summed E-state index contributed by atoms with van der Waals surface area (Å²) >= 11 is 0. The summed E-state index contributed by atoms with van der Waals surface area (Å²) in [4.78, 5) is 3.00. The highest BCUT2D eigenvalue weighted by molar-refractivity contribution is 5.79. The van der Waals surface area contributed by atoms with Crippen LogP contribution in [0.1, 0.15) is 5.56 Å². The zero-order valence-electron chi connectivity index (χ0n) is 13.0. The van der Waals surface area contributed by atoms with Crippen molar-refractivity contribution in [1.82, 2.24) is 0 Å². The van der Waals surface area contributed by atoms with E-state index in [2.05, 4.69) is 11.1 Å². The van der Waals surface area contributed by atoms with Crippen LogP contribution < -0.4 is 20.2 Å². The minimum atomic E-state index is -0.318. The molecule has 122 valence electrons. The van der Waals surface area contributed by atoms with Gasteiger partial charge in [0.15, 0.2) is 11.5 Å². The Kier molecular flexibility index (Phi) is 3.47. The highest BCUT2D eigenvalue weighted by atomic mass is 19.1. The number of hydrogen-bond acceptors (Lipinski definition) is 4. The molecule has 0 bridgehead atoms. The van der Waals surface area contributed by atoms with E-state index in [-0.39, 0.29) is 18.4 Å². The first-order valence-corrected chi connectivity index (χ1v) is 7.57. The largest absolute Gasteiger partial charge is 0.454 e. The van der Waals surface area contributed by atoms with Gasteiger partial charge in [0.1, 0.15) is 23.1 Å². The van der Waals surface area contributed by atoms with Gasteiger partial charge in [0.2, 0.25) is 6.79 Å². The van der Waals surface area contributed by atoms with Gasteiger partial charge in [-0.05, 0) is 48.0 Å². The summed E-state index contributed by atoms with van der Waals surface area (Å²) in [5.41, 5.74) is 9.27. The molecule has 2 heterocycles. The molecule has 0 saturated heterocycles. The van der Waals surface area contributed by atoms with Crippen LogP contribution in [0.2, 0.25) is 0 Å². The zero-order valence-corrected chi connectivity index (χ0v) is 13.0. The minimum Gasteiger partial charge on any atom is -0.454 e. The Morgan fingerprint density at radius 3 is 2.48 bits per heavy atom. The van der Waals surface area contributed by atoms with Gasteiger partial charge in [-0.25, -0.2) is 9.37 Å². The summed E-state index contributed by atoms with van der Waals surface area (Å²) in [6.07, 6.45) is 0. The first kappa shape index (κ1) is 15.0. The van der Waals surface area contributed by atoms with E-state index in [4.69, 9.17) is 15.2 Å². The van der Waals surface area contributed by atoms with Gasteiger partial charge >= 0.3 is 0 Å². The molecule has 3 aromatic rings. The molecular formula is C19H13FN3O2+. The molecule has 0 fully saturated rings. The van der Waals surface area contributed by atoms with E-state index in [0.29, 0.717) is 28.3 Å². The lowest BCUT2D eigenvalue weighted by molar-refractivity contribution is -0.346. The van der Waals surface area contributed by atoms with Gasteiger partial charge in [0.25, 0.3) is 5.82 Å². The molecule has 1 aliphatic rings. The van der Waals surface area contributed by atoms with E-state index in [1.807, 2.05) is 18.2 Å². The van der Waals surface area contributed by atoms with Gasteiger partial charge in [-0.15, -0.1) is 0 Å². The van der Waals surface area contributed by atoms with Crippen molar-refractivity contribution in [3.63, 3.8) is 0 Å². The predicted octanol–water partition coefficient (Wildman–Crippen LogP) is 3.16. The average molecular weight is 334 g/mol. The quantitative estimate of drug-likeness (QED) is 0.780. The first-order valence-electron chi connectivity index (χ1n) is 7.57. The number of aromatic nitrogens is 1. The van der Waals surface area contributed by atoms with Crippen molar-refractivity contribution in [2.75, 3.05) is 12.5 Å².